The van der Waals surface area contributed by atoms with Crippen LogP contribution in [0.1, 0.15) is 25.8 Å². The summed E-state index contributed by atoms with van der Waals surface area (Å²) in [5.41, 5.74) is 5.98. The van der Waals surface area contributed by atoms with Gasteiger partial charge in [-0.15, -0.1) is 0 Å². The van der Waals surface area contributed by atoms with Gasteiger partial charge in [-0.2, -0.15) is 0 Å². The van der Waals surface area contributed by atoms with E-state index in [2.05, 4.69) is 0 Å². The summed E-state index contributed by atoms with van der Waals surface area (Å²) in [4.78, 5) is 38.7. The Hall–Kier alpha value is -2.67. The normalized spacial score (nSPS) is 12.2. The van der Waals surface area contributed by atoms with Gasteiger partial charge in [0, 0.05) is 31.9 Å². The second-order valence-electron chi connectivity index (χ2n) is 7.15. The second-order valence-corrected chi connectivity index (χ2v) is 7.15. The van der Waals surface area contributed by atoms with E-state index in [1.165, 1.54) is 21.7 Å². The van der Waals surface area contributed by atoms with Gasteiger partial charge in [-0.3, -0.25) is 18.7 Å². The molecule has 0 aliphatic rings. The van der Waals surface area contributed by atoms with Gasteiger partial charge in [0.1, 0.15) is 6.54 Å². The van der Waals surface area contributed by atoms with Crippen LogP contribution >= 0.6 is 0 Å². The monoisotopic (exact) mass is 372 g/mol. The van der Waals surface area contributed by atoms with E-state index in [9.17, 15) is 14.4 Å². The molecule has 1 atom stereocenters. The number of hydrogen-bond acceptors (Lipinski definition) is 4. The van der Waals surface area contributed by atoms with Gasteiger partial charge in [0.2, 0.25) is 5.91 Å². The van der Waals surface area contributed by atoms with Crippen molar-refractivity contribution in [1.82, 2.24) is 14.0 Å². The maximum absolute atomic E-state index is 12.6. The number of benzene rings is 1. The average Bonchev–Trinajstić information content (AvgIpc) is 2.65. The molecule has 146 valence electrons. The smallest absolute Gasteiger partial charge is 0.331 e. The Morgan fingerprint density at radius 2 is 1.81 bits per heavy atom. The molecule has 2 N–H and O–H groups in total. The molecule has 0 radical (unpaired) electrons. The molecule has 27 heavy (non-hydrogen) atoms. The lowest BCUT2D eigenvalue weighted by Gasteiger charge is -2.22. The highest BCUT2D eigenvalue weighted by Gasteiger charge is 2.16. The van der Waals surface area contributed by atoms with Crippen molar-refractivity contribution in [3.63, 3.8) is 0 Å². The summed E-state index contributed by atoms with van der Waals surface area (Å²) in [7, 11) is 1.66. The van der Waals surface area contributed by atoms with E-state index in [-0.39, 0.29) is 18.5 Å². The van der Waals surface area contributed by atoms with Crippen molar-refractivity contribution in [3.05, 3.63) is 69.0 Å². The lowest BCUT2D eigenvalue weighted by molar-refractivity contribution is -0.130. The molecule has 1 aromatic carbocycles. The summed E-state index contributed by atoms with van der Waals surface area (Å²) in [5.74, 6) is 0.0399. The highest BCUT2D eigenvalue weighted by atomic mass is 16.2. The molecular weight excluding hydrogens is 344 g/mol. The molecule has 1 unspecified atom stereocenters. The van der Waals surface area contributed by atoms with Gasteiger partial charge in [0.15, 0.2) is 0 Å². The maximum atomic E-state index is 12.6. The first-order valence-electron chi connectivity index (χ1n) is 9.13. The van der Waals surface area contributed by atoms with E-state index in [4.69, 9.17) is 5.73 Å². The number of likely N-dealkylation sites (N-methyl/N-ethyl adjacent to an activating group) is 1. The van der Waals surface area contributed by atoms with Crippen LogP contribution in [0.15, 0.2) is 52.2 Å². The van der Waals surface area contributed by atoms with Crippen molar-refractivity contribution < 1.29 is 4.79 Å². The Bertz CT molecular complexity index is 871. The summed E-state index contributed by atoms with van der Waals surface area (Å²) >= 11 is 0. The molecule has 1 aromatic heterocycles. The number of hydrogen-bond donors (Lipinski definition) is 1. The standard InChI is InChI=1S/C20H28N4O3/c1-15(2)17(21)9-11-22(3)19(26)14-24-18(25)10-12-23(20(24)27)13-16-7-5-4-6-8-16/h4-8,10,12,15,17H,9,11,13-14,21H2,1-3H3. The molecule has 7 nitrogen and oxygen atoms in total. The van der Waals surface area contributed by atoms with E-state index in [1.54, 1.807) is 7.05 Å². The lowest BCUT2D eigenvalue weighted by atomic mass is 10.0. The van der Waals surface area contributed by atoms with Crippen molar-refractivity contribution in [2.24, 2.45) is 11.7 Å². The molecule has 1 amide bonds. The van der Waals surface area contributed by atoms with Crippen LogP contribution in [0.2, 0.25) is 0 Å². The van der Waals surface area contributed by atoms with Gasteiger partial charge in [-0.25, -0.2) is 4.79 Å². The van der Waals surface area contributed by atoms with E-state index >= 15 is 0 Å². The van der Waals surface area contributed by atoms with Crippen LogP contribution in [0.5, 0.6) is 0 Å². The molecule has 1 heterocycles. The SMILES string of the molecule is CC(C)C(N)CCN(C)C(=O)Cn1c(=O)ccn(Cc2ccccc2)c1=O. The van der Waals surface area contributed by atoms with Gasteiger partial charge in [-0.1, -0.05) is 44.2 Å². The topological polar surface area (TPSA) is 90.3 Å². The minimum atomic E-state index is -0.494. The summed E-state index contributed by atoms with van der Waals surface area (Å²) in [6, 6.07) is 10.8. The quantitative estimate of drug-likeness (QED) is 0.745. The van der Waals surface area contributed by atoms with Crippen LogP contribution in [0.3, 0.4) is 0 Å². The Morgan fingerprint density at radius 1 is 1.15 bits per heavy atom. The van der Waals surface area contributed by atoms with Crippen LogP contribution in [0, 0.1) is 5.92 Å². The third-order valence-electron chi connectivity index (χ3n) is 4.71. The van der Waals surface area contributed by atoms with Gasteiger partial charge in [-0.05, 0) is 17.9 Å². The summed E-state index contributed by atoms with van der Waals surface area (Å²) < 4.78 is 2.41. The van der Waals surface area contributed by atoms with Crippen LogP contribution < -0.4 is 17.0 Å². The molecule has 2 aromatic rings. The molecule has 7 heteroatoms. The highest BCUT2D eigenvalue weighted by molar-refractivity contribution is 5.75. The fraction of sp³-hybridized carbons (Fsp3) is 0.450. The average molecular weight is 372 g/mol. The van der Waals surface area contributed by atoms with Gasteiger partial charge in [0.25, 0.3) is 5.56 Å². The highest BCUT2D eigenvalue weighted by Crippen LogP contribution is 2.04. The Labute approximate surface area is 159 Å². The number of aromatic nitrogens is 2. The van der Waals surface area contributed by atoms with Crippen LogP contribution in [0.25, 0.3) is 0 Å². The molecule has 0 aliphatic heterocycles. The maximum Gasteiger partial charge on any atom is 0.331 e. The van der Waals surface area contributed by atoms with E-state index in [1.807, 2.05) is 44.2 Å². The Kier molecular flexibility index (Phi) is 7.12. The number of amides is 1. The first-order valence-corrected chi connectivity index (χ1v) is 9.13. The zero-order chi connectivity index (χ0) is 20.0. The largest absolute Gasteiger partial charge is 0.344 e. The van der Waals surface area contributed by atoms with Crippen LogP contribution in [-0.4, -0.2) is 39.6 Å². The number of nitrogens with two attached hydrogens (primary N) is 1. The first-order chi connectivity index (χ1) is 12.8. The van der Waals surface area contributed by atoms with E-state index < -0.39 is 11.2 Å². The lowest BCUT2D eigenvalue weighted by Crippen LogP contribution is -2.44. The molecule has 0 bridgehead atoms. The van der Waals surface area contributed by atoms with Crippen LogP contribution in [0.4, 0.5) is 0 Å². The van der Waals surface area contributed by atoms with Crippen molar-refractivity contribution >= 4 is 5.91 Å². The molecule has 0 aliphatic carbocycles. The zero-order valence-corrected chi connectivity index (χ0v) is 16.2. The third-order valence-corrected chi connectivity index (χ3v) is 4.71. The fourth-order valence-electron chi connectivity index (χ4n) is 2.66. The zero-order valence-electron chi connectivity index (χ0n) is 16.2. The summed E-state index contributed by atoms with van der Waals surface area (Å²) in [6.45, 7) is 4.61. The minimum absolute atomic E-state index is 0.00259. The number of nitrogens with zero attached hydrogens (tertiary/aromatic N) is 3. The van der Waals surface area contributed by atoms with Gasteiger partial charge >= 0.3 is 5.69 Å². The number of carbonyl (C=O) groups is 1. The molecule has 0 saturated heterocycles. The first kappa shape index (κ1) is 20.6. The van der Waals surface area contributed by atoms with Crippen molar-refractivity contribution in [2.45, 2.75) is 39.4 Å². The predicted molar refractivity (Wildman–Crippen MR) is 106 cm³/mol. The Balaban J connectivity index is 2.11. The molecular formula is C20H28N4O3. The molecule has 0 fully saturated rings. The summed E-state index contributed by atoms with van der Waals surface area (Å²) in [6.07, 6.45) is 2.13. The van der Waals surface area contributed by atoms with Gasteiger partial charge in [0.05, 0.1) is 6.54 Å². The van der Waals surface area contributed by atoms with Crippen molar-refractivity contribution in [1.29, 1.82) is 0 Å². The van der Waals surface area contributed by atoms with Crippen molar-refractivity contribution in [3.8, 4) is 0 Å². The minimum Gasteiger partial charge on any atom is -0.344 e. The molecule has 0 spiro atoms. The third kappa shape index (κ3) is 5.65. The van der Waals surface area contributed by atoms with Crippen LogP contribution in [-0.2, 0) is 17.9 Å². The fourth-order valence-corrected chi connectivity index (χ4v) is 2.66. The Morgan fingerprint density at radius 3 is 2.44 bits per heavy atom. The predicted octanol–water partition coefficient (Wildman–Crippen LogP) is 0.890. The van der Waals surface area contributed by atoms with Crippen molar-refractivity contribution in [2.75, 3.05) is 13.6 Å². The second kappa shape index (κ2) is 9.32. The number of carbonyl (C=O) groups excluding carboxylic acids is 1. The van der Waals surface area contributed by atoms with E-state index in [0.717, 1.165) is 10.1 Å². The number of rotatable bonds is 8. The van der Waals surface area contributed by atoms with E-state index in [0.29, 0.717) is 25.4 Å². The van der Waals surface area contributed by atoms with Gasteiger partial charge < -0.3 is 10.6 Å². The summed E-state index contributed by atoms with van der Waals surface area (Å²) in [5, 5.41) is 0. The molecule has 2 rings (SSSR count). The molecule has 0 saturated carbocycles.